The summed E-state index contributed by atoms with van der Waals surface area (Å²) in [5.74, 6) is -1.16. The van der Waals surface area contributed by atoms with Crippen molar-refractivity contribution in [3.63, 3.8) is 0 Å². The Morgan fingerprint density at radius 3 is 2.47 bits per heavy atom. The second-order valence-electron chi connectivity index (χ2n) is 5.47. The first-order valence-corrected chi connectivity index (χ1v) is 6.90. The molecule has 2 nitrogen and oxygen atoms in total. The van der Waals surface area contributed by atoms with Crippen molar-refractivity contribution >= 4 is 0 Å². The molecule has 0 aromatic heterocycles. The van der Waals surface area contributed by atoms with Crippen LogP contribution in [-0.4, -0.2) is 35.2 Å². The van der Waals surface area contributed by atoms with Crippen LogP contribution in [-0.2, 0) is 6.42 Å². The lowest BCUT2D eigenvalue weighted by atomic mass is 9.88. The van der Waals surface area contributed by atoms with Gasteiger partial charge in [-0.15, -0.1) is 0 Å². The van der Waals surface area contributed by atoms with E-state index >= 15 is 0 Å². The third kappa shape index (κ3) is 3.98. The summed E-state index contributed by atoms with van der Waals surface area (Å²) < 4.78 is 26.3. The van der Waals surface area contributed by atoms with Crippen LogP contribution in [0, 0.1) is 11.6 Å². The number of hydrogen-bond donors (Lipinski definition) is 1. The standard InChI is InChI=1S/C15H21F2NO/c1-2-18-6-3-4-15(19,5-7-18)11-12-8-13(16)10-14(17)9-12/h8-10,19H,2-7,11H2,1H3. The van der Waals surface area contributed by atoms with Gasteiger partial charge in [0.25, 0.3) is 0 Å². The first kappa shape index (κ1) is 14.4. The third-order valence-electron chi connectivity index (χ3n) is 3.91. The van der Waals surface area contributed by atoms with Crippen molar-refractivity contribution in [2.45, 2.75) is 38.2 Å². The monoisotopic (exact) mass is 269 g/mol. The molecule has 1 aromatic rings. The molecule has 1 unspecified atom stereocenters. The number of benzene rings is 1. The van der Waals surface area contributed by atoms with E-state index in [4.69, 9.17) is 0 Å². The summed E-state index contributed by atoms with van der Waals surface area (Å²) in [7, 11) is 0. The minimum atomic E-state index is -0.843. The van der Waals surface area contributed by atoms with E-state index in [1.807, 2.05) is 0 Å². The zero-order chi connectivity index (χ0) is 13.9. The van der Waals surface area contributed by atoms with Crippen molar-refractivity contribution in [2.75, 3.05) is 19.6 Å². The molecule has 1 fully saturated rings. The molecular formula is C15H21F2NO. The highest BCUT2D eigenvalue weighted by molar-refractivity contribution is 5.20. The van der Waals surface area contributed by atoms with Crippen LogP contribution < -0.4 is 0 Å². The van der Waals surface area contributed by atoms with Crippen LogP contribution in [0.3, 0.4) is 0 Å². The lowest BCUT2D eigenvalue weighted by Gasteiger charge is -2.27. The van der Waals surface area contributed by atoms with Crippen molar-refractivity contribution in [3.05, 3.63) is 35.4 Å². The van der Waals surface area contributed by atoms with E-state index in [0.717, 1.165) is 32.1 Å². The predicted octanol–water partition coefficient (Wildman–Crippen LogP) is 2.74. The fraction of sp³-hybridized carbons (Fsp3) is 0.600. The van der Waals surface area contributed by atoms with Gasteiger partial charge in [-0.2, -0.15) is 0 Å². The maximum absolute atomic E-state index is 13.2. The Hall–Kier alpha value is -1.00. The number of nitrogens with zero attached hydrogens (tertiary/aromatic N) is 1. The molecule has 106 valence electrons. The molecule has 1 saturated heterocycles. The van der Waals surface area contributed by atoms with Crippen LogP contribution in [0.25, 0.3) is 0 Å². The fourth-order valence-electron chi connectivity index (χ4n) is 2.82. The molecule has 4 heteroatoms. The van der Waals surface area contributed by atoms with Gasteiger partial charge in [0.15, 0.2) is 0 Å². The minimum absolute atomic E-state index is 0.319. The van der Waals surface area contributed by atoms with Gasteiger partial charge >= 0.3 is 0 Å². The summed E-state index contributed by atoms with van der Waals surface area (Å²) in [5, 5.41) is 10.6. The number of likely N-dealkylation sites (tertiary alicyclic amines) is 1. The number of halogens is 2. The van der Waals surface area contributed by atoms with Crippen molar-refractivity contribution in [1.82, 2.24) is 4.90 Å². The topological polar surface area (TPSA) is 23.5 Å². The van der Waals surface area contributed by atoms with Crippen molar-refractivity contribution < 1.29 is 13.9 Å². The molecule has 0 amide bonds. The largest absolute Gasteiger partial charge is 0.389 e. The Kier molecular flexibility index (Phi) is 4.53. The molecule has 0 bridgehead atoms. The average Bonchev–Trinajstić information content (AvgIpc) is 2.49. The van der Waals surface area contributed by atoms with Crippen LogP contribution in [0.1, 0.15) is 31.7 Å². The Bertz CT molecular complexity index is 418. The van der Waals surface area contributed by atoms with Gasteiger partial charge < -0.3 is 10.0 Å². The molecule has 1 atom stereocenters. The van der Waals surface area contributed by atoms with E-state index in [9.17, 15) is 13.9 Å². The Labute approximate surface area is 113 Å². The van der Waals surface area contributed by atoms with Gasteiger partial charge in [-0.05, 0) is 50.0 Å². The minimum Gasteiger partial charge on any atom is -0.389 e. The molecule has 1 aliphatic rings. The number of aliphatic hydroxyl groups is 1. The highest BCUT2D eigenvalue weighted by Gasteiger charge is 2.30. The first-order valence-electron chi connectivity index (χ1n) is 6.90. The summed E-state index contributed by atoms with van der Waals surface area (Å²) in [6.07, 6.45) is 2.57. The smallest absolute Gasteiger partial charge is 0.126 e. The van der Waals surface area contributed by atoms with E-state index in [-0.39, 0.29) is 0 Å². The van der Waals surface area contributed by atoms with Crippen LogP contribution in [0.4, 0.5) is 8.78 Å². The third-order valence-corrected chi connectivity index (χ3v) is 3.91. The average molecular weight is 269 g/mol. The SMILES string of the molecule is CCN1CCCC(O)(Cc2cc(F)cc(F)c2)CC1. The summed E-state index contributed by atoms with van der Waals surface area (Å²) in [6, 6.07) is 3.48. The van der Waals surface area contributed by atoms with Gasteiger partial charge in [0.2, 0.25) is 0 Å². The van der Waals surface area contributed by atoms with Gasteiger partial charge in [-0.1, -0.05) is 6.92 Å². The zero-order valence-electron chi connectivity index (χ0n) is 11.3. The fourth-order valence-corrected chi connectivity index (χ4v) is 2.82. The molecular weight excluding hydrogens is 248 g/mol. The molecule has 19 heavy (non-hydrogen) atoms. The van der Waals surface area contributed by atoms with Gasteiger partial charge in [0, 0.05) is 19.0 Å². The summed E-state index contributed by atoms with van der Waals surface area (Å²) >= 11 is 0. The normalized spacial score (nSPS) is 25.3. The highest BCUT2D eigenvalue weighted by Crippen LogP contribution is 2.27. The van der Waals surface area contributed by atoms with Crippen LogP contribution >= 0.6 is 0 Å². The van der Waals surface area contributed by atoms with E-state index in [2.05, 4.69) is 11.8 Å². The second kappa shape index (κ2) is 5.97. The quantitative estimate of drug-likeness (QED) is 0.912. The van der Waals surface area contributed by atoms with E-state index < -0.39 is 17.2 Å². The molecule has 1 aliphatic heterocycles. The van der Waals surface area contributed by atoms with Crippen LogP contribution in [0.2, 0.25) is 0 Å². The lowest BCUT2D eigenvalue weighted by Crippen LogP contribution is -2.33. The van der Waals surface area contributed by atoms with Gasteiger partial charge in [-0.3, -0.25) is 0 Å². The Morgan fingerprint density at radius 1 is 1.16 bits per heavy atom. The van der Waals surface area contributed by atoms with Crippen molar-refractivity contribution in [3.8, 4) is 0 Å². The maximum atomic E-state index is 13.2. The number of rotatable bonds is 3. The summed E-state index contributed by atoms with van der Waals surface area (Å²) in [6.45, 7) is 4.90. The first-order chi connectivity index (χ1) is 9.00. The summed E-state index contributed by atoms with van der Waals surface area (Å²) in [4.78, 5) is 2.30. The predicted molar refractivity (Wildman–Crippen MR) is 71.0 cm³/mol. The van der Waals surface area contributed by atoms with Crippen molar-refractivity contribution in [1.29, 1.82) is 0 Å². The highest BCUT2D eigenvalue weighted by atomic mass is 19.1. The molecule has 0 aliphatic carbocycles. The summed E-state index contributed by atoms with van der Waals surface area (Å²) in [5.41, 5.74) is -0.311. The molecule has 1 N–H and O–H groups in total. The Balaban J connectivity index is 2.07. The molecule has 2 rings (SSSR count). The van der Waals surface area contributed by atoms with E-state index in [0.29, 0.717) is 24.8 Å². The van der Waals surface area contributed by atoms with E-state index in [1.165, 1.54) is 12.1 Å². The lowest BCUT2D eigenvalue weighted by molar-refractivity contribution is 0.0257. The van der Waals surface area contributed by atoms with Gasteiger partial charge in [-0.25, -0.2) is 8.78 Å². The molecule has 0 saturated carbocycles. The van der Waals surface area contributed by atoms with Crippen LogP contribution in [0.5, 0.6) is 0 Å². The molecule has 1 aromatic carbocycles. The molecule has 0 radical (unpaired) electrons. The van der Waals surface area contributed by atoms with E-state index in [1.54, 1.807) is 0 Å². The van der Waals surface area contributed by atoms with Crippen molar-refractivity contribution in [2.24, 2.45) is 0 Å². The van der Waals surface area contributed by atoms with Gasteiger partial charge in [0.05, 0.1) is 5.60 Å². The Morgan fingerprint density at radius 2 is 1.84 bits per heavy atom. The molecule has 1 heterocycles. The number of hydrogen-bond acceptors (Lipinski definition) is 2. The van der Waals surface area contributed by atoms with Crippen LogP contribution in [0.15, 0.2) is 18.2 Å². The zero-order valence-corrected chi connectivity index (χ0v) is 11.3. The maximum Gasteiger partial charge on any atom is 0.126 e. The second-order valence-corrected chi connectivity index (χ2v) is 5.47. The van der Waals surface area contributed by atoms with Gasteiger partial charge in [0.1, 0.15) is 11.6 Å². The molecule has 0 spiro atoms.